The van der Waals surface area contributed by atoms with Crippen LogP contribution in [0.5, 0.6) is 0 Å². The van der Waals surface area contributed by atoms with Gasteiger partial charge in [0.1, 0.15) is 11.9 Å². The highest BCUT2D eigenvalue weighted by atomic mass is 16.1. The van der Waals surface area contributed by atoms with E-state index in [9.17, 15) is 4.79 Å². The zero-order valence-corrected chi connectivity index (χ0v) is 9.10. The summed E-state index contributed by atoms with van der Waals surface area (Å²) in [4.78, 5) is 17.5. The summed E-state index contributed by atoms with van der Waals surface area (Å²) < 4.78 is 0. The SMILES string of the molecule is NC(=O)C1CCCCN1c1cc(N)ccn1. The average Bonchev–Trinajstić information content (AvgIpc) is 2.29. The van der Waals surface area contributed by atoms with Crippen LogP contribution in [0.4, 0.5) is 11.5 Å². The standard InChI is InChI=1S/C11H16N4O/c12-8-4-5-14-10(7-8)15-6-2-1-3-9(15)11(13)16/h4-5,7,9H,1-3,6H2,(H2,12,14)(H2,13,16). The average molecular weight is 220 g/mol. The Hall–Kier alpha value is -1.78. The number of nitrogens with zero attached hydrogens (tertiary/aromatic N) is 2. The molecule has 0 aliphatic carbocycles. The Balaban J connectivity index is 2.26. The molecule has 1 atom stereocenters. The van der Waals surface area contributed by atoms with Crippen LogP contribution in [-0.4, -0.2) is 23.5 Å². The molecule has 1 amide bonds. The van der Waals surface area contributed by atoms with Crippen LogP contribution < -0.4 is 16.4 Å². The largest absolute Gasteiger partial charge is 0.399 e. The van der Waals surface area contributed by atoms with E-state index in [0.29, 0.717) is 5.69 Å². The third kappa shape index (κ3) is 2.08. The molecular formula is C11H16N4O. The summed E-state index contributed by atoms with van der Waals surface area (Å²) in [5, 5.41) is 0. The van der Waals surface area contributed by atoms with Gasteiger partial charge in [0.15, 0.2) is 0 Å². The maximum absolute atomic E-state index is 11.3. The van der Waals surface area contributed by atoms with Crippen LogP contribution in [-0.2, 0) is 4.79 Å². The summed E-state index contributed by atoms with van der Waals surface area (Å²) in [5.74, 6) is 0.451. The summed E-state index contributed by atoms with van der Waals surface area (Å²) in [6.07, 6.45) is 4.54. The number of carbonyl (C=O) groups is 1. The maximum Gasteiger partial charge on any atom is 0.240 e. The summed E-state index contributed by atoms with van der Waals surface area (Å²) in [7, 11) is 0. The quantitative estimate of drug-likeness (QED) is 0.760. The molecule has 0 spiro atoms. The molecule has 0 radical (unpaired) electrons. The van der Waals surface area contributed by atoms with Crippen molar-refractivity contribution in [3.63, 3.8) is 0 Å². The van der Waals surface area contributed by atoms with Crippen molar-refractivity contribution in [1.82, 2.24) is 4.98 Å². The Morgan fingerprint density at radius 1 is 1.50 bits per heavy atom. The normalized spacial score (nSPS) is 20.8. The van der Waals surface area contributed by atoms with Crippen molar-refractivity contribution in [2.45, 2.75) is 25.3 Å². The van der Waals surface area contributed by atoms with Gasteiger partial charge in [-0.1, -0.05) is 0 Å². The maximum atomic E-state index is 11.3. The van der Waals surface area contributed by atoms with Gasteiger partial charge >= 0.3 is 0 Å². The zero-order chi connectivity index (χ0) is 11.5. The van der Waals surface area contributed by atoms with Crippen LogP contribution in [0.2, 0.25) is 0 Å². The van der Waals surface area contributed by atoms with Crippen LogP contribution in [0.25, 0.3) is 0 Å². The van der Waals surface area contributed by atoms with Gasteiger partial charge in [-0.2, -0.15) is 0 Å². The third-order valence-corrected chi connectivity index (χ3v) is 2.90. The van der Waals surface area contributed by atoms with Gasteiger partial charge in [0.2, 0.25) is 5.91 Å². The molecule has 1 unspecified atom stereocenters. The van der Waals surface area contributed by atoms with Crippen molar-refractivity contribution < 1.29 is 4.79 Å². The molecule has 2 heterocycles. The van der Waals surface area contributed by atoms with E-state index in [2.05, 4.69) is 4.98 Å². The fraction of sp³-hybridized carbons (Fsp3) is 0.455. The smallest absolute Gasteiger partial charge is 0.240 e. The van der Waals surface area contributed by atoms with E-state index in [-0.39, 0.29) is 11.9 Å². The molecule has 1 aromatic heterocycles. The number of hydrogen-bond acceptors (Lipinski definition) is 4. The molecule has 1 saturated heterocycles. The molecule has 86 valence electrons. The molecule has 0 aromatic carbocycles. The number of anilines is 2. The Morgan fingerprint density at radius 3 is 3.00 bits per heavy atom. The molecule has 1 aliphatic rings. The molecule has 4 N–H and O–H groups in total. The molecule has 1 aliphatic heterocycles. The second kappa shape index (κ2) is 4.38. The van der Waals surface area contributed by atoms with Gasteiger partial charge in [0.05, 0.1) is 0 Å². The van der Waals surface area contributed by atoms with Gasteiger partial charge < -0.3 is 16.4 Å². The Labute approximate surface area is 94.4 Å². The van der Waals surface area contributed by atoms with E-state index in [1.54, 1.807) is 18.3 Å². The fourth-order valence-electron chi connectivity index (χ4n) is 2.09. The minimum Gasteiger partial charge on any atom is -0.399 e. The summed E-state index contributed by atoms with van der Waals surface area (Å²) >= 11 is 0. The van der Waals surface area contributed by atoms with Crippen molar-refractivity contribution >= 4 is 17.4 Å². The number of aromatic nitrogens is 1. The molecule has 1 fully saturated rings. The first-order valence-electron chi connectivity index (χ1n) is 5.46. The van der Waals surface area contributed by atoms with E-state index in [1.807, 2.05) is 4.90 Å². The van der Waals surface area contributed by atoms with Gasteiger partial charge in [0.25, 0.3) is 0 Å². The first kappa shape index (κ1) is 10.7. The highest BCUT2D eigenvalue weighted by molar-refractivity contribution is 5.83. The number of pyridine rings is 1. The van der Waals surface area contributed by atoms with Crippen molar-refractivity contribution in [3.8, 4) is 0 Å². The van der Waals surface area contributed by atoms with Crippen LogP contribution in [0.3, 0.4) is 0 Å². The van der Waals surface area contributed by atoms with Crippen molar-refractivity contribution in [3.05, 3.63) is 18.3 Å². The summed E-state index contributed by atoms with van der Waals surface area (Å²) in [5.41, 5.74) is 11.7. The molecule has 2 rings (SSSR count). The topological polar surface area (TPSA) is 85.2 Å². The van der Waals surface area contributed by atoms with Crippen LogP contribution in [0.15, 0.2) is 18.3 Å². The molecular weight excluding hydrogens is 204 g/mol. The van der Waals surface area contributed by atoms with Gasteiger partial charge in [-0.25, -0.2) is 4.98 Å². The Kier molecular flexibility index (Phi) is 2.94. The lowest BCUT2D eigenvalue weighted by molar-refractivity contribution is -0.119. The first-order valence-corrected chi connectivity index (χ1v) is 5.46. The monoisotopic (exact) mass is 220 g/mol. The van der Waals surface area contributed by atoms with E-state index in [4.69, 9.17) is 11.5 Å². The molecule has 0 bridgehead atoms. The van der Waals surface area contributed by atoms with Gasteiger partial charge in [-0.15, -0.1) is 0 Å². The first-order chi connectivity index (χ1) is 7.68. The van der Waals surface area contributed by atoms with Crippen LogP contribution in [0.1, 0.15) is 19.3 Å². The molecule has 5 nitrogen and oxygen atoms in total. The lowest BCUT2D eigenvalue weighted by Gasteiger charge is -2.34. The minimum atomic E-state index is -0.288. The predicted octanol–water partition coefficient (Wildman–Crippen LogP) is 0.508. The Morgan fingerprint density at radius 2 is 2.31 bits per heavy atom. The number of piperidine rings is 1. The molecule has 1 aromatic rings. The third-order valence-electron chi connectivity index (χ3n) is 2.90. The second-order valence-electron chi connectivity index (χ2n) is 4.05. The minimum absolute atomic E-state index is 0.247. The lowest BCUT2D eigenvalue weighted by Crippen LogP contribution is -2.48. The van der Waals surface area contributed by atoms with Crippen molar-refractivity contribution in [2.75, 3.05) is 17.2 Å². The molecule has 16 heavy (non-hydrogen) atoms. The zero-order valence-electron chi connectivity index (χ0n) is 9.10. The lowest BCUT2D eigenvalue weighted by atomic mass is 10.0. The van der Waals surface area contributed by atoms with E-state index >= 15 is 0 Å². The predicted molar refractivity (Wildman–Crippen MR) is 62.8 cm³/mol. The van der Waals surface area contributed by atoms with E-state index in [1.165, 1.54) is 0 Å². The molecule has 5 heteroatoms. The van der Waals surface area contributed by atoms with Crippen LogP contribution in [0, 0.1) is 0 Å². The van der Waals surface area contributed by atoms with Gasteiger partial charge in [0, 0.05) is 24.5 Å². The van der Waals surface area contributed by atoms with Crippen molar-refractivity contribution in [1.29, 1.82) is 0 Å². The number of nitrogens with two attached hydrogens (primary N) is 2. The number of primary amides is 1. The number of rotatable bonds is 2. The van der Waals surface area contributed by atoms with Crippen LogP contribution >= 0.6 is 0 Å². The number of carbonyl (C=O) groups excluding carboxylic acids is 1. The van der Waals surface area contributed by atoms with Crippen molar-refractivity contribution in [2.24, 2.45) is 5.73 Å². The van der Waals surface area contributed by atoms with Gasteiger partial charge in [-0.3, -0.25) is 4.79 Å². The highest BCUT2D eigenvalue weighted by Crippen LogP contribution is 2.23. The number of amides is 1. The van der Waals surface area contributed by atoms with Gasteiger partial charge in [-0.05, 0) is 25.3 Å². The molecule has 0 saturated carbocycles. The van der Waals surface area contributed by atoms with E-state index in [0.717, 1.165) is 31.6 Å². The summed E-state index contributed by atoms with van der Waals surface area (Å²) in [6, 6.07) is 3.26. The van der Waals surface area contributed by atoms with E-state index < -0.39 is 0 Å². The number of nitrogen functional groups attached to an aromatic ring is 1. The number of hydrogen-bond donors (Lipinski definition) is 2. The highest BCUT2D eigenvalue weighted by Gasteiger charge is 2.27. The Bertz CT molecular complexity index is 393. The second-order valence-corrected chi connectivity index (χ2v) is 4.05. The fourth-order valence-corrected chi connectivity index (χ4v) is 2.09. The summed E-state index contributed by atoms with van der Waals surface area (Å²) in [6.45, 7) is 0.810.